The molecule has 0 saturated heterocycles. The zero-order chi connectivity index (χ0) is 16.5. The second-order valence-electron chi connectivity index (χ2n) is 4.73. The molecule has 5 nitrogen and oxygen atoms in total. The maximum Gasteiger partial charge on any atom is 0.311 e. The molecule has 0 fully saturated rings. The Morgan fingerprint density at radius 1 is 0.913 bits per heavy atom. The Morgan fingerprint density at radius 2 is 1.48 bits per heavy atom. The lowest BCUT2D eigenvalue weighted by molar-refractivity contribution is -0.144. The molecule has 2 aromatic rings. The van der Waals surface area contributed by atoms with Gasteiger partial charge in [-0.05, 0) is 35.4 Å². The molecule has 0 unspecified atom stereocenters. The fourth-order valence-electron chi connectivity index (χ4n) is 1.80. The average Bonchev–Trinajstić information content (AvgIpc) is 2.60. The van der Waals surface area contributed by atoms with Gasteiger partial charge in [0.2, 0.25) is 0 Å². The Balaban J connectivity index is 1.88. The molecule has 0 spiro atoms. The van der Waals surface area contributed by atoms with E-state index in [4.69, 9.17) is 4.74 Å². The number of rotatable bonds is 6. The Kier molecular flexibility index (Phi) is 6.06. The van der Waals surface area contributed by atoms with Gasteiger partial charge in [-0.1, -0.05) is 24.3 Å². The van der Waals surface area contributed by atoms with Crippen LogP contribution in [0.4, 0.5) is 0 Å². The van der Waals surface area contributed by atoms with Crippen LogP contribution < -0.4 is 4.74 Å². The van der Waals surface area contributed by atoms with Crippen LogP contribution in [0.1, 0.15) is 24.0 Å². The third-order valence-electron chi connectivity index (χ3n) is 3.05. The normalized spacial score (nSPS) is 10.5. The van der Waals surface area contributed by atoms with Crippen molar-refractivity contribution >= 4 is 24.1 Å². The summed E-state index contributed by atoms with van der Waals surface area (Å²) in [5.41, 5.74) is 2.04. The number of ether oxygens (including phenoxy) is 2. The van der Waals surface area contributed by atoms with E-state index in [9.17, 15) is 9.59 Å². The molecule has 0 bridgehead atoms. The lowest BCUT2D eigenvalue weighted by Gasteiger charge is -2.04. The molecule has 23 heavy (non-hydrogen) atoms. The van der Waals surface area contributed by atoms with Crippen LogP contribution in [0.3, 0.4) is 0 Å². The van der Waals surface area contributed by atoms with Gasteiger partial charge in [-0.3, -0.25) is 14.6 Å². The lowest BCUT2D eigenvalue weighted by atomic mass is 10.1. The van der Waals surface area contributed by atoms with Gasteiger partial charge in [0.05, 0.1) is 20.0 Å². The zero-order valence-electron chi connectivity index (χ0n) is 12.8. The van der Waals surface area contributed by atoms with Crippen LogP contribution in [-0.4, -0.2) is 24.0 Å². The van der Waals surface area contributed by atoms with Crippen LogP contribution in [0, 0.1) is 0 Å². The van der Waals surface area contributed by atoms with Crippen molar-refractivity contribution in [2.24, 2.45) is 0 Å². The molecule has 0 amide bonds. The number of carbonyl (C=O) groups excluding carboxylic acids is 2. The molecule has 0 N–H and O–H groups in total. The zero-order valence-corrected chi connectivity index (χ0v) is 12.8. The van der Waals surface area contributed by atoms with E-state index in [1.165, 1.54) is 7.11 Å². The average molecular weight is 311 g/mol. The van der Waals surface area contributed by atoms with Gasteiger partial charge >= 0.3 is 11.9 Å². The number of pyridine rings is 1. The van der Waals surface area contributed by atoms with Crippen LogP contribution in [0.25, 0.3) is 12.2 Å². The molecular weight excluding hydrogens is 294 g/mol. The summed E-state index contributed by atoms with van der Waals surface area (Å²) in [4.78, 5) is 26.5. The highest BCUT2D eigenvalue weighted by molar-refractivity contribution is 5.79. The van der Waals surface area contributed by atoms with Gasteiger partial charge in [-0.15, -0.1) is 0 Å². The van der Waals surface area contributed by atoms with Gasteiger partial charge < -0.3 is 9.47 Å². The van der Waals surface area contributed by atoms with E-state index < -0.39 is 11.9 Å². The predicted molar refractivity (Wildman–Crippen MR) is 86.5 cm³/mol. The quantitative estimate of drug-likeness (QED) is 0.606. The van der Waals surface area contributed by atoms with Gasteiger partial charge in [0.15, 0.2) is 0 Å². The van der Waals surface area contributed by atoms with Crippen molar-refractivity contribution in [3.63, 3.8) is 0 Å². The fourth-order valence-corrected chi connectivity index (χ4v) is 1.80. The van der Waals surface area contributed by atoms with Crippen LogP contribution in [0.15, 0.2) is 48.8 Å². The van der Waals surface area contributed by atoms with Crippen LogP contribution in [0.5, 0.6) is 5.75 Å². The minimum Gasteiger partial charge on any atom is -0.469 e. The molecule has 2 rings (SSSR count). The lowest BCUT2D eigenvalue weighted by Crippen LogP contribution is -2.11. The molecule has 0 radical (unpaired) electrons. The Hall–Kier alpha value is -2.95. The van der Waals surface area contributed by atoms with Crippen molar-refractivity contribution in [3.05, 3.63) is 59.9 Å². The summed E-state index contributed by atoms with van der Waals surface area (Å²) in [6.45, 7) is 0. The van der Waals surface area contributed by atoms with E-state index in [0.717, 1.165) is 11.1 Å². The van der Waals surface area contributed by atoms with Crippen molar-refractivity contribution in [3.8, 4) is 5.75 Å². The van der Waals surface area contributed by atoms with Crippen molar-refractivity contribution < 1.29 is 19.1 Å². The smallest absolute Gasteiger partial charge is 0.311 e. The molecule has 0 atom stereocenters. The molecule has 1 aromatic heterocycles. The topological polar surface area (TPSA) is 65.5 Å². The van der Waals surface area contributed by atoms with E-state index in [-0.39, 0.29) is 12.8 Å². The summed E-state index contributed by atoms with van der Waals surface area (Å²) in [5.74, 6) is -0.449. The van der Waals surface area contributed by atoms with Crippen LogP contribution in [-0.2, 0) is 14.3 Å². The van der Waals surface area contributed by atoms with Crippen LogP contribution >= 0.6 is 0 Å². The third kappa shape index (κ3) is 5.74. The number of nitrogens with zero attached hydrogens (tertiary/aromatic N) is 1. The summed E-state index contributed by atoms with van der Waals surface area (Å²) in [5, 5.41) is 0. The highest BCUT2D eigenvalue weighted by Gasteiger charge is 2.08. The summed E-state index contributed by atoms with van der Waals surface area (Å²) in [6.07, 6.45) is 7.41. The summed E-state index contributed by atoms with van der Waals surface area (Å²) in [7, 11) is 1.28. The van der Waals surface area contributed by atoms with E-state index in [1.54, 1.807) is 24.5 Å². The monoisotopic (exact) mass is 311 g/mol. The highest BCUT2D eigenvalue weighted by atomic mass is 16.5. The van der Waals surface area contributed by atoms with Crippen LogP contribution in [0.2, 0.25) is 0 Å². The number of hydrogen-bond acceptors (Lipinski definition) is 5. The largest absolute Gasteiger partial charge is 0.469 e. The predicted octanol–water partition coefficient (Wildman–Crippen LogP) is 3.11. The first kappa shape index (κ1) is 16.4. The Bertz CT molecular complexity index is 678. The van der Waals surface area contributed by atoms with Crippen molar-refractivity contribution in [1.82, 2.24) is 4.98 Å². The summed E-state index contributed by atoms with van der Waals surface area (Å²) in [6, 6.07) is 10.9. The van der Waals surface area contributed by atoms with Crippen molar-refractivity contribution in [1.29, 1.82) is 0 Å². The minimum absolute atomic E-state index is 0.00360. The number of methoxy groups -OCH3 is 1. The molecule has 0 aliphatic rings. The van der Waals surface area contributed by atoms with Crippen molar-refractivity contribution in [2.75, 3.05) is 7.11 Å². The third-order valence-corrected chi connectivity index (χ3v) is 3.05. The maximum atomic E-state index is 11.6. The summed E-state index contributed by atoms with van der Waals surface area (Å²) >= 11 is 0. The minimum atomic E-state index is -0.463. The van der Waals surface area contributed by atoms with Gasteiger partial charge in [0.25, 0.3) is 0 Å². The first-order valence-corrected chi connectivity index (χ1v) is 7.13. The van der Waals surface area contributed by atoms with Gasteiger partial charge in [-0.25, -0.2) is 0 Å². The number of carbonyl (C=O) groups is 2. The second-order valence-corrected chi connectivity index (χ2v) is 4.73. The second kappa shape index (κ2) is 8.48. The molecule has 1 heterocycles. The molecular formula is C18H17NO4. The highest BCUT2D eigenvalue weighted by Crippen LogP contribution is 2.15. The van der Waals surface area contributed by atoms with E-state index in [2.05, 4.69) is 9.72 Å². The van der Waals surface area contributed by atoms with E-state index >= 15 is 0 Å². The van der Waals surface area contributed by atoms with Gasteiger partial charge in [-0.2, -0.15) is 0 Å². The fraction of sp³-hybridized carbons (Fsp3) is 0.167. The molecule has 5 heteroatoms. The number of esters is 2. The SMILES string of the molecule is COC(=O)CCC(=O)Oc1ccc(/C=C/c2ccncc2)cc1. The van der Waals surface area contributed by atoms with Gasteiger partial charge in [0.1, 0.15) is 5.75 Å². The standard InChI is InChI=1S/C18H17NO4/c1-22-17(20)8-9-18(21)23-16-6-4-14(5-7-16)2-3-15-10-12-19-13-11-15/h2-7,10-13H,8-9H2,1H3/b3-2+. The molecule has 0 aliphatic carbocycles. The first-order chi connectivity index (χ1) is 11.2. The number of hydrogen-bond donors (Lipinski definition) is 0. The summed E-state index contributed by atoms with van der Waals surface area (Å²) < 4.78 is 9.62. The Morgan fingerprint density at radius 3 is 2.09 bits per heavy atom. The Labute approximate surface area is 134 Å². The first-order valence-electron chi connectivity index (χ1n) is 7.13. The van der Waals surface area contributed by atoms with Crippen molar-refractivity contribution in [2.45, 2.75) is 12.8 Å². The van der Waals surface area contributed by atoms with E-state index in [0.29, 0.717) is 5.75 Å². The molecule has 0 saturated carbocycles. The maximum absolute atomic E-state index is 11.6. The number of benzene rings is 1. The van der Waals surface area contributed by atoms with E-state index in [1.807, 2.05) is 36.4 Å². The number of aromatic nitrogens is 1. The molecule has 0 aliphatic heterocycles. The molecule has 118 valence electrons. The molecule has 1 aromatic carbocycles. The van der Waals surface area contributed by atoms with Gasteiger partial charge in [0, 0.05) is 12.4 Å².